The molecule has 9 nitrogen and oxygen atoms in total. The van der Waals surface area contributed by atoms with Gasteiger partial charge in [-0.1, -0.05) is 51.3 Å². The van der Waals surface area contributed by atoms with Crippen molar-refractivity contribution in [1.82, 2.24) is 10.2 Å². The van der Waals surface area contributed by atoms with E-state index >= 15 is 0 Å². The van der Waals surface area contributed by atoms with Crippen molar-refractivity contribution >= 4 is 29.6 Å². The molecule has 3 amide bonds. The first-order chi connectivity index (χ1) is 18.3. The Labute approximate surface area is 224 Å². The Balaban J connectivity index is 2.16. The number of carboxylic acid groups (broad SMARTS) is 1. The number of hydrogen-bond acceptors (Lipinski definition) is 5. The van der Waals surface area contributed by atoms with Gasteiger partial charge in [0, 0.05) is 30.9 Å². The number of ether oxygens (including phenoxy) is 1. The predicted molar refractivity (Wildman–Crippen MR) is 146 cm³/mol. The van der Waals surface area contributed by atoms with Crippen LogP contribution in [-0.2, 0) is 16.1 Å². The van der Waals surface area contributed by atoms with Crippen LogP contribution in [-0.4, -0.2) is 53.6 Å². The Morgan fingerprint density at radius 3 is 2.37 bits per heavy atom. The molecule has 0 aliphatic rings. The van der Waals surface area contributed by atoms with E-state index in [4.69, 9.17) is 9.84 Å². The van der Waals surface area contributed by atoms with Crippen molar-refractivity contribution in [2.75, 3.05) is 25.0 Å². The van der Waals surface area contributed by atoms with Crippen molar-refractivity contribution in [3.05, 3.63) is 65.2 Å². The first kappa shape index (κ1) is 30.3. The maximum absolute atomic E-state index is 13.4. The molecule has 0 aliphatic carbocycles. The van der Waals surface area contributed by atoms with Crippen LogP contribution >= 0.6 is 0 Å². The van der Waals surface area contributed by atoms with Gasteiger partial charge in [-0.2, -0.15) is 0 Å². The molecule has 2 aromatic carbocycles. The summed E-state index contributed by atoms with van der Waals surface area (Å²) in [5.74, 6) is -1.43. The van der Waals surface area contributed by atoms with Gasteiger partial charge < -0.3 is 25.4 Å². The van der Waals surface area contributed by atoms with E-state index in [-0.39, 0.29) is 31.5 Å². The topological polar surface area (TPSA) is 125 Å². The van der Waals surface area contributed by atoms with Gasteiger partial charge in [-0.05, 0) is 55.2 Å². The molecule has 0 fully saturated rings. The minimum atomic E-state index is -0.976. The number of hydrogen-bond donors (Lipinski definition) is 3. The zero-order valence-corrected chi connectivity index (χ0v) is 22.5. The van der Waals surface area contributed by atoms with Crippen LogP contribution in [0.5, 0.6) is 0 Å². The monoisotopic (exact) mass is 525 g/mol. The number of nitrogens with one attached hydrogen (secondary N) is 2. The smallest absolute Gasteiger partial charge is 0.338 e. The van der Waals surface area contributed by atoms with Crippen LogP contribution in [0.15, 0.2) is 48.5 Å². The Bertz CT molecular complexity index is 1070. The van der Waals surface area contributed by atoms with E-state index in [1.54, 1.807) is 60.4 Å². The number of carbonyl (C=O) groups is 4. The van der Waals surface area contributed by atoms with Gasteiger partial charge in [0.05, 0.1) is 18.6 Å². The highest BCUT2D eigenvalue weighted by Gasteiger charge is 2.20. The van der Waals surface area contributed by atoms with Crippen molar-refractivity contribution in [3.8, 4) is 0 Å². The molecule has 1 unspecified atom stereocenters. The van der Waals surface area contributed by atoms with Crippen molar-refractivity contribution < 1.29 is 29.0 Å². The molecule has 0 bridgehead atoms. The Morgan fingerprint density at radius 1 is 1.00 bits per heavy atom. The van der Waals surface area contributed by atoms with E-state index in [1.165, 1.54) is 0 Å². The number of esters is 1. The molecule has 3 N–H and O–H groups in total. The molecule has 0 radical (unpaired) electrons. The van der Waals surface area contributed by atoms with Crippen LogP contribution in [0.2, 0.25) is 0 Å². The summed E-state index contributed by atoms with van der Waals surface area (Å²) >= 11 is 0. The lowest BCUT2D eigenvalue weighted by atomic mass is 9.98. The molecular formula is C29H39N3O6. The largest absolute Gasteiger partial charge is 0.481 e. The van der Waals surface area contributed by atoms with Gasteiger partial charge in [-0.15, -0.1) is 0 Å². The van der Waals surface area contributed by atoms with Crippen LogP contribution < -0.4 is 10.6 Å². The normalized spacial score (nSPS) is 11.3. The quantitative estimate of drug-likeness (QED) is 0.270. The summed E-state index contributed by atoms with van der Waals surface area (Å²) in [4.78, 5) is 50.2. The summed E-state index contributed by atoms with van der Waals surface area (Å²) in [5, 5.41) is 14.2. The van der Waals surface area contributed by atoms with E-state index in [1.807, 2.05) is 0 Å². The third-order valence-electron chi connectivity index (χ3n) is 6.15. The number of amides is 3. The van der Waals surface area contributed by atoms with E-state index in [2.05, 4.69) is 24.5 Å². The maximum Gasteiger partial charge on any atom is 0.338 e. The lowest BCUT2D eigenvalue weighted by molar-refractivity contribution is -0.136. The minimum absolute atomic E-state index is 0.0530. The number of urea groups is 1. The summed E-state index contributed by atoms with van der Waals surface area (Å²) in [6.45, 7) is 7.23. The molecule has 9 heteroatoms. The molecule has 0 saturated heterocycles. The summed E-state index contributed by atoms with van der Waals surface area (Å²) in [6, 6.07) is 13.3. The van der Waals surface area contributed by atoms with E-state index < -0.39 is 11.9 Å². The summed E-state index contributed by atoms with van der Waals surface area (Å²) < 4.78 is 5.06. The predicted octanol–water partition coefficient (Wildman–Crippen LogP) is 5.32. The van der Waals surface area contributed by atoms with Crippen LogP contribution in [0.4, 0.5) is 10.5 Å². The van der Waals surface area contributed by atoms with E-state index in [0.717, 1.165) is 31.2 Å². The second-order valence-corrected chi connectivity index (χ2v) is 9.13. The molecule has 2 rings (SSSR count). The number of carboxylic acids is 1. The fourth-order valence-corrected chi connectivity index (χ4v) is 3.96. The second-order valence-electron chi connectivity index (χ2n) is 9.13. The van der Waals surface area contributed by atoms with E-state index in [0.29, 0.717) is 35.8 Å². The number of rotatable bonds is 15. The molecule has 38 heavy (non-hydrogen) atoms. The molecule has 0 spiro atoms. The Morgan fingerprint density at radius 2 is 1.74 bits per heavy atom. The van der Waals surface area contributed by atoms with Crippen LogP contribution in [0.3, 0.4) is 0 Å². The number of carbonyl (C=O) groups excluding carboxylic acids is 3. The first-order valence-electron chi connectivity index (χ1n) is 13.2. The molecule has 206 valence electrons. The fourth-order valence-electron chi connectivity index (χ4n) is 3.96. The van der Waals surface area contributed by atoms with E-state index in [9.17, 15) is 19.2 Å². The van der Waals surface area contributed by atoms with Crippen molar-refractivity contribution in [2.45, 2.75) is 59.4 Å². The molecule has 0 aromatic heterocycles. The fraction of sp³-hybridized carbons (Fsp3) is 0.448. The lowest BCUT2D eigenvalue weighted by Gasteiger charge is -2.28. The molecular weight excluding hydrogens is 486 g/mol. The van der Waals surface area contributed by atoms with Crippen LogP contribution in [0.1, 0.15) is 79.2 Å². The number of anilines is 1. The zero-order valence-electron chi connectivity index (χ0n) is 22.5. The number of aliphatic carboxylic acids is 1. The lowest BCUT2D eigenvalue weighted by Crippen LogP contribution is -2.38. The molecule has 0 aliphatic heterocycles. The van der Waals surface area contributed by atoms with Gasteiger partial charge in [0.25, 0.3) is 5.91 Å². The third-order valence-corrected chi connectivity index (χ3v) is 6.15. The number of nitrogens with zero attached hydrogens (tertiary/aromatic N) is 1. The summed E-state index contributed by atoms with van der Waals surface area (Å²) in [6.07, 6.45) is 3.98. The second kappa shape index (κ2) is 16.1. The zero-order chi connectivity index (χ0) is 27.9. The van der Waals surface area contributed by atoms with Gasteiger partial charge in [0.1, 0.15) is 0 Å². The standard InChI is InChI=1S/C29H39N3O6/c1-4-7-9-21(5-2)19-32(29(37)31-25-11-8-10-24(18-25)28(36)38-6-3)20-22-12-14-23(15-13-22)27(35)30-17-16-26(33)34/h8,10-15,18,21H,4-7,9,16-17,19-20H2,1-3H3,(H,30,35)(H,31,37)(H,33,34). The third kappa shape index (κ3) is 10.2. The van der Waals surface area contributed by atoms with Gasteiger partial charge in [-0.3, -0.25) is 9.59 Å². The van der Waals surface area contributed by atoms with Crippen LogP contribution in [0, 0.1) is 5.92 Å². The highest BCUT2D eigenvalue weighted by atomic mass is 16.5. The van der Waals surface area contributed by atoms with Crippen molar-refractivity contribution in [1.29, 1.82) is 0 Å². The first-order valence-corrected chi connectivity index (χ1v) is 13.2. The summed E-state index contributed by atoms with van der Waals surface area (Å²) in [5.41, 5.74) is 2.14. The van der Waals surface area contributed by atoms with Gasteiger partial charge in [-0.25, -0.2) is 9.59 Å². The van der Waals surface area contributed by atoms with Gasteiger partial charge in [0.15, 0.2) is 0 Å². The van der Waals surface area contributed by atoms with Gasteiger partial charge >= 0.3 is 18.0 Å². The van der Waals surface area contributed by atoms with Gasteiger partial charge in [0.2, 0.25) is 0 Å². The molecule has 0 heterocycles. The molecule has 1 atom stereocenters. The number of unbranched alkanes of at least 4 members (excludes halogenated alkanes) is 1. The molecule has 0 saturated carbocycles. The Kier molecular flexibility index (Phi) is 12.8. The molecule has 2 aromatic rings. The van der Waals surface area contributed by atoms with Crippen molar-refractivity contribution in [2.24, 2.45) is 5.92 Å². The SMILES string of the molecule is CCCCC(CC)CN(Cc1ccc(C(=O)NCCC(=O)O)cc1)C(=O)Nc1cccc(C(=O)OCC)c1. The average molecular weight is 526 g/mol. The Hall–Kier alpha value is -3.88. The highest BCUT2D eigenvalue weighted by molar-refractivity contribution is 5.95. The number of benzene rings is 2. The maximum atomic E-state index is 13.4. The van der Waals surface area contributed by atoms with Crippen molar-refractivity contribution in [3.63, 3.8) is 0 Å². The highest BCUT2D eigenvalue weighted by Crippen LogP contribution is 2.19. The average Bonchev–Trinajstić information content (AvgIpc) is 2.90. The minimum Gasteiger partial charge on any atom is -0.481 e. The summed E-state index contributed by atoms with van der Waals surface area (Å²) in [7, 11) is 0. The van der Waals surface area contributed by atoms with Crippen LogP contribution in [0.25, 0.3) is 0 Å².